The molecule has 0 aliphatic heterocycles. The van der Waals surface area contributed by atoms with E-state index in [1.165, 1.54) is 29.1 Å². The summed E-state index contributed by atoms with van der Waals surface area (Å²) in [6.07, 6.45) is 3.04. The Balaban J connectivity index is 1.73. The molecule has 0 bridgehead atoms. The molecule has 2 aromatic carbocycles. The van der Waals surface area contributed by atoms with Crippen LogP contribution in [0.5, 0.6) is 0 Å². The highest BCUT2D eigenvalue weighted by molar-refractivity contribution is 6.31. The van der Waals surface area contributed by atoms with Gasteiger partial charge in [0.1, 0.15) is 5.82 Å². The lowest BCUT2D eigenvalue weighted by atomic mass is 10.1. The fraction of sp³-hybridized carbons (Fsp3) is 0.0556. The maximum absolute atomic E-state index is 13.8. The van der Waals surface area contributed by atoms with Crippen LogP contribution in [0.15, 0.2) is 54.9 Å². The third kappa shape index (κ3) is 3.84. The first-order valence-corrected chi connectivity index (χ1v) is 7.71. The molecule has 0 fully saturated rings. The summed E-state index contributed by atoms with van der Waals surface area (Å²) in [5.74, 6) is -0.775. The number of aromatic nitrogens is 2. The second kappa shape index (κ2) is 7.16. The summed E-state index contributed by atoms with van der Waals surface area (Å²) >= 11 is 6.00. The number of nitrogens with one attached hydrogen (secondary N) is 1. The van der Waals surface area contributed by atoms with Crippen molar-refractivity contribution in [3.63, 3.8) is 0 Å². The molecule has 5 nitrogen and oxygen atoms in total. The molecule has 124 valence electrons. The predicted molar refractivity (Wildman–Crippen MR) is 91.8 cm³/mol. The molecule has 0 atom stereocenters. The van der Waals surface area contributed by atoms with Gasteiger partial charge in [-0.05, 0) is 30.3 Å². The van der Waals surface area contributed by atoms with Crippen molar-refractivity contribution in [2.75, 3.05) is 5.32 Å². The normalized spacial score (nSPS) is 10.3. The van der Waals surface area contributed by atoms with Crippen molar-refractivity contribution in [2.45, 2.75) is 6.54 Å². The first-order valence-electron chi connectivity index (χ1n) is 7.33. The van der Waals surface area contributed by atoms with E-state index in [-0.39, 0.29) is 12.5 Å². The predicted octanol–water partition coefficient (Wildman–Crippen LogP) is 3.85. The van der Waals surface area contributed by atoms with Crippen LogP contribution >= 0.6 is 11.6 Å². The van der Waals surface area contributed by atoms with Gasteiger partial charge in [-0.25, -0.2) is 4.39 Å². The maximum Gasteiger partial charge on any atom is 0.255 e. The fourth-order valence-corrected chi connectivity index (χ4v) is 2.52. The minimum atomic E-state index is -0.415. The number of hydrogen-bond donors (Lipinski definition) is 1. The Kier molecular flexibility index (Phi) is 4.78. The third-order valence-electron chi connectivity index (χ3n) is 3.53. The Hall–Kier alpha value is -3.17. The van der Waals surface area contributed by atoms with Crippen molar-refractivity contribution >= 4 is 23.2 Å². The molecule has 0 radical (unpaired) electrons. The van der Waals surface area contributed by atoms with Gasteiger partial charge < -0.3 is 5.32 Å². The number of benzene rings is 2. The minimum Gasteiger partial charge on any atom is -0.319 e. The molecule has 3 rings (SSSR count). The molecule has 0 spiro atoms. The zero-order valence-electron chi connectivity index (χ0n) is 12.9. The average Bonchev–Trinajstić information content (AvgIpc) is 3.05. The first kappa shape index (κ1) is 16.7. The molecular formula is C18H12ClFN4O. The van der Waals surface area contributed by atoms with Gasteiger partial charge in [0.15, 0.2) is 0 Å². The van der Waals surface area contributed by atoms with Gasteiger partial charge in [0, 0.05) is 22.3 Å². The van der Waals surface area contributed by atoms with E-state index in [1.807, 2.05) is 6.07 Å². The van der Waals surface area contributed by atoms with Gasteiger partial charge in [-0.1, -0.05) is 23.7 Å². The zero-order valence-corrected chi connectivity index (χ0v) is 13.7. The lowest BCUT2D eigenvalue weighted by molar-refractivity contribution is 0.102. The van der Waals surface area contributed by atoms with E-state index in [2.05, 4.69) is 10.4 Å². The van der Waals surface area contributed by atoms with Gasteiger partial charge in [0.25, 0.3) is 5.91 Å². The monoisotopic (exact) mass is 354 g/mol. The van der Waals surface area contributed by atoms with Crippen LogP contribution in [0.1, 0.15) is 21.5 Å². The van der Waals surface area contributed by atoms with Crippen molar-refractivity contribution in [1.82, 2.24) is 9.78 Å². The van der Waals surface area contributed by atoms with E-state index >= 15 is 0 Å². The molecule has 1 aromatic heterocycles. The molecule has 1 N–H and O–H groups in total. The Bertz CT molecular complexity index is 957. The Morgan fingerprint density at radius 3 is 2.88 bits per heavy atom. The van der Waals surface area contributed by atoms with Crippen LogP contribution in [-0.2, 0) is 6.54 Å². The van der Waals surface area contributed by atoms with Crippen LogP contribution in [0, 0.1) is 17.1 Å². The number of carbonyl (C=O) groups is 1. The van der Waals surface area contributed by atoms with Crippen molar-refractivity contribution in [3.8, 4) is 6.07 Å². The van der Waals surface area contributed by atoms with E-state index in [0.29, 0.717) is 27.4 Å². The summed E-state index contributed by atoms with van der Waals surface area (Å²) < 4.78 is 15.3. The van der Waals surface area contributed by atoms with E-state index in [9.17, 15) is 9.18 Å². The van der Waals surface area contributed by atoms with Crippen LogP contribution < -0.4 is 5.32 Å². The molecule has 0 aliphatic rings. The number of anilines is 1. The Morgan fingerprint density at radius 2 is 2.12 bits per heavy atom. The minimum absolute atomic E-state index is 0.144. The van der Waals surface area contributed by atoms with Crippen LogP contribution in [0.2, 0.25) is 5.02 Å². The highest BCUT2D eigenvalue weighted by atomic mass is 35.5. The standard InChI is InChI=1S/C18H12ClFN4O/c19-16-5-2-6-17(20)15(16)11-24-10-14(9-22-24)23-18(25)13-4-1-3-12(7-13)8-21/h1-7,9-10H,11H2,(H,23,25). The number of halogens is 2. The summed E-state index contributed by atoms with van der Waals surface area (Å²) in [6, 6.07) is 12.8. The Labute approximate surface area is 148 Å². The van der Waals surface area contributed by atoms with Gasteiger partial charge in [-0.2, -0.15) is 10.4 Å². The van der Waals surface area contributed by atoms with Gasteiger partial charge in [0.05, 0.1) is 30.1 Å². The summed E-state index contributed by atoms with van der Waals surface area (Å²) in [4.78, 5) is 12.2. The SMILES string of the molecule is N#Cc1cccc(C(=O)Nc2cnn(Cc3c(F)cccc3Cl)c2)c1. The molecule has 1 amide bonds. The Morgan fingerprint density at radius 1 is 1.32 bits per heavy atom. The van der Waals surface area contributed by atoms with Gasteiger partial charge in [-0.3, -0.25) is 9.48 Å². The van der Waals surface area contributed by atoms with Gasteiger partial charge in [0.2, 0.25) is 0 Å². The van der Waals surface area contributed by atoms with E-state index < -0.39 is 5.82 Å². The van der Waals surface area contributed by atoms with Crippen LogP contribution in [-0.4, -0.2) is 15.7 Å². The second-order valence-electron chi connectivity index (χ2n) is 5.27. The maximum atomic E-state index is 13.8. The number of hydrogen-bond acceptors (Lipinski definition) is 3. The lowest BCUT2D eigenvalue weighted by Crippen LogP contribution is -2.11. The molecule has 0 saturated heterocycles. The molecule has 3 aromatic rings. The van der Waals surface area contributed by atoms with E-state index in [1.54, 1.807) is 30.5 Å². The number of nitriles is 1. The summed E-state index contributed by atoms with van der Waals surface area (Å²) in [6.45, 7) is 0.144. The van der Waals surface area contributed by atoms with Crippen LogP contribution in [0.4, 0.5) is 10.1 Å². The van der Waals surface area contributed by atoms with Crippen LogP contribution in [0.25, 0.3) is 0 Å². The molecule has 0 unspecified atom stereocenters. The van der Waals surface area contributed by atoms with Crippen molar-refractivity contribution in [1.29, 1.82) is 5.26 Å². The highest BCUT2D eigenvalue weighted by Crippen LogP contribution is 2.20. The largest absolute Gasteiger partial charge is 0.319 e. The molecular weight excluding hydrogens is 343 g/mol. The second-order valence-corrected chi connectivity index (χ2v) is 5.68. The topological polar surface area (TPSA) is 70.7 Å². The molecule has 0 saturated carbocycles. The summed E-state index contributed by atoms with van der Waals surface area (Å²) in [7, 11) is 0. The van der Waals surface area contributed by atoms with Gasteiger partial charge in [-0.15, -0.1) is 0 Å². The van der Waals surface area contributed by atoms with E-state index in [4.69, 9.17) is 16.9 Å². The highest BCUT2D eigenvalue weighted by Gasteiger charge is 2.11. The number of amides is 1. The molecule has 7 heteroatoms. The average molecular weight is 355 g/mol. The van der Waals surface area contributed by atoms with Crippen molar-refractivity contribution < 1.29 is 9.18 Å². The van der Waals surface area contributed by atoms with Gasteiger partial charge >= 0.3 is 0 Å². The third-order valence-corrected chi connectivity index (χ3v) is 3.88. The fourth-order valence-electron chi connectivity index (χ4n) is 2.29. The summed E-state index contributed by atoms with van der Waals surface area (Å²) in [5.41, 5.74) is 1.55. The van der Waals surface area contributed by atoms with Crippen molar-refractivity contribution in [2.24, 2.45) is 0 Å². The number of carbonyl (C=O) groups excluding carboxylic acids is 1. The smallest absolute Gasteiger partial charge is 0.255 e. The summed E-state index contributed by atoms with van der Waals surface area (Å²) in [5, 5.41) is 16.0. The van der Waals surface area contributed by atoms with E-state index in [0.717, 1.165) is 0 Å². The molecule has 0 aliphatic carbocycles. The quantitative estimate of drug-likeness (QED) is 0.773. The van der Waals surface area contributed by atoms with Crippen LogP contribution in [0.3, 0.4) is 0 Å². The number of rotatable bonds is 4. The molecule has 25 heavy (non-hydrogen) atoms. The van der Waals surface area contributed by atoms with Crippen molar-refractivity contribution in [3.05, 3.63) is 82.4 Å². The number of nitrogens with zero attached hydrogens (tertiary/aromatic N) is 3. The first-order chi connectivity index (χ1) is 12.1. The zero-order chi connectivity index (χ0) is 17.8. The molecule has 1 heterocycles. The lowest BCUT2D eigenvalue weighted by Gasteiger charge is -2.06.